The Kier molecular flexibility index (Phi) is 6.76. The van der Waals surface area contributed by atoms with Crippen molar-refractivity contribution in [2.75, 3.05) is 6.61 Å². The average Bonchev–Trinajstić information content (AvgIpc) is 2.00. The van der Waals surface area contributed by atoms with Crippen LogP contribution in [0.3, 0.4) is 0 Å². The summed E-state index contributed by atoms with van der Waals surface area (Å²) in [5.74, 6) is -0.274. The SMILES string of the molecule is CCCOC(CCC)CC(N)=O. The first-order valence-electron chi connectivity index (χ1n) is 4.60. The zero-order valence-corrected chi connectivity index (χ0v) is 8.01. The van der Waals surface area contributed by atoms with Gasteiger partial charge in [0.05, 0.1) is 12.5 Å². The molecule has 1 amide bonds. The number of carbonyl (C=O) groups excluding carboxylic acids is 1. The maximum Gasteiger partial charge on any atom is 0.220 e. The van der Waals surface area contributed by atoms with Crippen LogP contribution in [0.5, 0.6) is 0 Å². The standard InChI is InChI=1S/C9H19NO2/c1-3-5-8(7-9(10)11)12-6-4-2/h8H,3-7H2,1-2H3,(H2,10,11). The molecule has 3 nitrogen and oxygen atoms in total. The van der Waals surface area contributed by atoms with E-state index in [1.165, 1.54) is 0 Å². The second-order valence-corrected chi connectivity index (χ2v) is 2.95. The van der Waals surface area contributed by atoms with E-state index in [1.807, 2.05) is 6.92 Å². The molecule has 1 unspecified atom stereocenters. The lowest BCUT2D eigenvalue weighted by atomic mass is 10.1. The molecule has 1 atom stereocenters. The van der Waals surface area contributed by atoms with Gasteiger partial charge >= 0.3 is 0 Å². The Labute approximate surface area is 74.3 Å². The molecule has 2 N–H and O–H groups in total. The third-order valence-electron chi connectivity index (χ3n) is 1.60. The van der Waals surface area contributed by atoms with Gasteiger partial charge in [0.2, 0.25) is 5.91 Å². The maximum absolute atomic E-state index is 10.6. The molecule has 0 bridgehead atoms. The third kappa shape index (κ3) is 6.16. The van der Waals surface area contributed by atoms with Crippen LogP contribution in [0.25, 0.3) is 0 Å². The van der Waals surface area contributed by atoms with Crippen LogP contribution in [0.15, 0.2) is 0 Å². The number of primary amides is 1. The van der Waals surface area contributed by atoms with E-state index in [1.54, 1.807) is 0 Å². The molecule has 0 fully saturated rings. The average molecular weight is 173 g/mol. The van der Waals surface area contributed by atoms with E-state index in [4.69, 9.17) is 10.5 Å². The fraction of sp³-hybridized carbons (Fsp3) is 0.889. The van der Waals surface area contributed by atoms with Crippen molar-refractivity contribution in [3.05, 3.63) is 0 Å². The summed E-state index contributed by atoms with van der Waals surface area (Å²) in [5, 5.41) is 0. The number of amides is 1. The van der Waals surface area contributed by atoms with Gasteiger partial charge in [0.15, 0.2) is 0 Å². The molecular formula is C9H19NO2. The van der Waals surface area contributed by atoms with E-state index in [-0.39, 0.29) is 12.0 Å². The summed E-state index contributed by atoms with van der Waals surface area (Å²) in [6.45, 7) is 4.84. The Morgan fingerprint density at radius 3 is 2.50 bits per heavy atom. The van der Waals surface area contributed by atoms with Crippen molar-refractivity contribution in [1.29, 1.82) is 0 Å². The fourth-order valence-corrected chi connectivity index (χ4v) is 1.08. The molecule has 0 aliphatic rings. The van der Waals surface area contributed by atoms with E-state index in [2.05, 4.69) is 6.92 Å². The summed E-state index contributed by atoms with van der Waals surface area (Å²) in [7, 11) is 0. The second-order valence-electron chi connectivity index (χ2n) is 2.95. The summed E-state index contributed by atoms with van der Waals surface area (Å²) in [4.78, 5) is 10.6. The number of carbonyl (C=O) groups is 1. The molecule has 0 spiro atoms. The largest absolute Gasteiger partial charge is 0.378 e. The number of hydrogen-bond acceptors (Lipinski definition) is 2. The van der Waals surface area contributed by atoms with Gasteiger partial charge in [-0.05, 0) is 12.8 Å². The van der Waals surface area contributed by atoms with E-state index in [0.29, 0.717) is 6.42 Å². The Morgan fingerprint density at radius 1 is 1.42 bits per heavy atom. The first-order chi connectivity index (χ1) is 5.70. The third-order valence-corrected chi connectivity index (χ3v) is 1.60. The summed E-state index contributed by atoms with van der Waals surface area (Å²) in [6, 6.07) is 0. The highest BCUT2D eigenvalue weighted by Gasteiger charge is 2.10. The van der Waals surface area contributed by atoms with Crippen molar-refractivity contribution in [2.45, 2.75) is 45.6 Å². The molecule has 0 rings (SSSR count). The van der Waals surface area contributed by atoms with Crippen molar-refractivity contribution < 1.29 is 9.53 Å². The van der Waals surface area contributed by atoms with Crippen LogP contribution in [0.1, 0.15) is 39.5 Å². The Hall–Kier alpha value is -0.570. The minimum absolute atomic E-state index is 0.0347. The van der Waals surface area contributed by atoms with Gasteiger partial charge in [-0.1, -0.05) is 20.3 Å². The molecule has 72 valence electrons. The number of nitrogens with two attached hydrogens (primary N) is 1. The minimum atomic E-state index is -0.274. The molecule has 0 aliphatic heterocycles. The summed E-state index contributed by atoms with van der Waals surface area (Å²) >= 11 is 0. The molecular weight excluding hydrogens is 154 g/mol. The van der Waals surface area contributed by atoms with Crippen LogP contribution >= 0.6 is 0 Å². The molecule has 0 aromatic rings. The predicted octanol–water partition coefficient (Wildman–Crippen LogP) is 1.46. The Bertz CT molecular complexity index is 126. The van der Waals surface area contributed by atoms with Crippen molar-refractivity contribution in [3.63, 3.8) is 0 Å². The number of rotatable bonds is 7. The van der Waals surface area contributed by atoms with E-state index in [9.17, 15) is 4.79 Å². The molecule has 0 saturated heterocycles. The van der Waals surface area contributed by atoms with Crippen molar-refractivity contribution in [1.82, 2.24) is 0 Å². The van der Waals surface area contributed by atoms with Crippen LogP contribution < -0.4 is 5.73 Å². The van der Waals surface area contributed by atoms with Gasteiger partial charge in [-0.15, -0.1) is 0 Å². The summed E-state index contributed by atoms with van der Waals surface area (Å²) in [6.07, 6.45) is 3.32. The Morgan fingerprint density at radius 2 is 2.08 bits per heavy atom. The molecule has 12 heavy (non-hydrogen) atoms. The van der Waals surface area contributed by atoms with Crippen LogP contribution in [0.2, 0.25) is 0 Å². The van der Waals surface area contributed by atoms with Crippen molar-refractivity contribution >= 4 is 5.91 Å². The molecule has 0 saturated carbocycles. The normalized spacial score (nSPS) is 12.8. The second kappa shape index (κ2) is 7.10. The molecule has 0 aromatic heterocycles. The lowest BCUT2D eigenvalue weighted by Gasteiger charge is -2.14. The van der Waals surface area contributed by atoms with Gasteiger partial charge in [0, 0.05) is 6.61 Å². The van der Waals surface area contributed by atoms with Gasteiger partial charge in [0.25, 0.3) is 0 Å². The van der Waals surface area contributed by atoms with Gasteiger partial charge in [-0.25, -0.2) is 0 Å². The predicted molar refractivity (Wildman–Crippen MR) is 48.8 cm³/mol. The first-order valence-corrected chi connectivity index (χ1v) is 4.60. The van der Waals surface area contributed by atoms with Gasteiger partial charge in [-0.2, -0.15) is 0 Å². The fourth-order valence-electron chi connectivity index (χ4n) is 1.08. The molecule has 0 aromatic carbocycles. The smallest absolute Gasteiger partial charge is 0.220 e. The van der Waals surface area contributed by atoms with Gasteiger partial charge in [0.1, 0.15) is 0 Å². The highest BCUT2D eigenvalue weighted by atomic mass is 16.5. The van der Waals surface area contributed by atoms with E-state index < -0.39 is 0 Å². The van der Waals surface area contributed by atoms with Gasteiger partial charge in [-0.3, -0.25) is 4.79 Å². The monoisotopic (exact) mass is 173 g/mol. The van der Waals surface area contributed by atoms with Crippen LogP contribution in [0.4, 0.5) is 0 Å². The van der Waals surface area contributed by atoms with Crippen molar-refractivity contribution in [3.8, 4) is 0 Å². The summed E-state index contributed by atoms with van der Waals surface area (Å²) in [5.41, 5.74) is 5.08. The van der Waals surface area contributed by atoms with E-state index >= 15 is 0 Å². The highest BCUT2D eigenvalue weighted by Crippen LogP contribution is 2.06. The Balaban J connectivity index is 3.61. The lowest BCUT2D eigenvalue weighted by Crippen LogP contribution is -2.22. The minimum Gasteiger partial charge on any atom is -0.378 e. The zero-order chi connectivity index (χ0) is 9.40. The zero-order valence-electron chi connectivity index (χ0n) is 8.01. The van der Waals surface area contributed by atoms with Crippen molar-refractivity contribution in [2.24, 2.45) is 5.73 Å². The highest BCUT2D eigenvalue weighted by molar-refractivity contribution is 5.74. The molecule has 3 heteroatoms. The molecule has 0 heterocycles. The van der Waals surface area contributed by atoms with E-state index in [0.717, 1.165) is 25.9 Å². The van der Waals surface area contributed by atoms with Gasteiger partial charge < -0.3 is 10.5 Å². The van der Waals surface area contributed by atoms with Crippen LogP contribution in [-0.2, 0) is 9.53 Å². The maximum atomic E-state index is 10.6. The summed E-state index contributed by atoms with van der Waals surface area (Å²) < 4.78 is 5.44. The van der Waals surface area contributed by atoms with Crippen LogP contribution in [-0.4, -0.2) is 18.6 Å². The quantitative estimate of drug-likeness (QED) is 0.633. The molecule has 0 aliphatic carbocycles. The topological polar surface area (TPSA) is 52.3 Å². The van der Waals surface area contributed by atoms with Crippen LogP contribution in [0, 0.1) is 0 Å². The number of ether oxygens (including phenoxy) is 1. The molecule has 0 radical (unpaired) electrons. The number of hydrogen-bond donors (Lipinski definition) is 1. The first kappa shape index (κ1) is 11.4. The lowest BCUT2D eigenvalue weighted by molar-refractivity contribution is -0.121.